The number of nitrogens with zero attached hydrogens (tertiary/aromatic N) is 2. The lowest BCUT2D eigenvalue weighted by Crippen LogP contribution is -2.43. The third kappa shape index (κ3) is 7.28. The van der Waals surface area contributed by atoms with Crippen LogP contribution in [0.1, 0.15) is 25.1 Å². The standard InChI is InChI=1S/C16H24N4S3.HI/c1-16(2,13-6-4-9-21-13)12-20-14(17-3)18-7-5-10-22-15-19-8-11-23-15;/h4,6,8-9,11H,5,7,10,12H2,1-3H3,(H2,17,18,20);1H. The number of aliphatic imine (C=N–C) groups is 1. The second-order valence-corrected chi connectivity index (χ2v) is 8.90. The number of rotatable bonds is 8. The van der Waals surface area contributed by atoms with Crippen molar-refractivity contribution in [3.05, 3.63) is 34.0 Å². The molecule has 24 heavy (non-hydrogen) atoms. The van der Waals surface area contributed by atoms with Crippen molar-refractivity contribution in [3.8, 4) is 0 Å². The Kier molecular flexibility index (Phi) is 10.3. The molecule has 2 rings (SSSR count). The molecule has 0 aromatic carbocycles. The van der Waals surface area contributed by atoms with Gasteiger partial charge in [-0.25, -0.2) is 4.98 Å². The molecule has 8 heteroatoms. The molecule has 0 bridgehead atoms. The first-order valence-electron chi connectivity index (χ1n) is 7.62. The molecular weight excluding hydrogens is 471 g/mol. The Morgan fingerprint density at radius 2 is 2.12 bits per heavy atom. The first-order valence-corrected chi connectivity index (χ1v) is 10.4. The van der Waals surface area contributed by atoms with Crippen LogP contribution in [0.4, 0.5) is 0 Å². The fourth-order valence-electron chi connectivity index (χ4n) is 2.00. The van der Waals surface area contributed by atoms with Gasteiger partial charge in [0.1, 0.15) is 4.34 Å². The van der Waals surface area contributed by atoms with Crippen LogP contribution >= 0.6 is 58.4 Å². The summed E-state index contributed by atoms with van der Waals surface area (Å²) in [5.74, 6) is 1.94. The van der Waals surface area contributed by atoms with Crippen LogP contribution in [-0.2, 0) is 5.41 Å². The number of aromatic nitrogens is 1. The molecule has 2 aromatic rings. The summed E-state index contributed by atoms with van der Waals surface area (Å²) in [7, 11) is 1.82. The maximum atomic E-state index is 4.30. The zero-order chi connectivity index (χ0) is 16.5. The average molecular weight is 497 g/mol. The minimum absolute atomic E-state index is 0. The summed E-state index contributed by atoms with van der Waals surface area (Å²) in [6.45, 7) is 6.28. The molecule has 0 saturated carbocycles. The van der Waals surface area contributed by atoms with Gasteiger partial charge in [-0.3, -0.25) is 4.99 Å². The fraction of sp³-hybridized carbons (Fsp3) is 0.500. The van der Waals surface area contributed by atoms with Crippen LogP contribution in [0.3, 0.4) is 0 Å². The molecule has 2 N–H and O–H groups in total. The van der Waals surface area contributed by atoms with Crippen molar-refractivity contribution in [2.75, 3.05) is 25.9 Å². The van der Waals surface area contributed by atoms with Gasteiger partial charge in [-0.05, 0) is 17.9 Å². The van der Waals surface area contributed by atoms with Gasteiger partial charge in [0.25, 0.3) is 0 Å². The number of thioether (sulfide) groups is 1. The Bertz CT molecular complexity index is 583. The van der Waals surface area contributed by atoms with Crippen LogP contribution in [0.15, 0.2) is 38.4 Å². The molecule has 0 aliphatic rings. The number of halogens is 1. The molecule has 134 valence electrons. The Balaban J connectivity index is 0.00000288. The van der Waals surface area contributed by atoms with E-state index in [2.05, 4.69) is 52.0 Å². The van der Waals surface area contributed by atoms with Gasteiger partial charge in [0.15, 0.2) is 5.96 Å². The lowest BCUT2D eigenvalue weighted by atomic mass is 9.91. The van der Waals surface area contributed by atoms with Crippen LogP contribution in [0.25, 0.3) is 0 Å². The smallest absolute Gasteiger partial charge is 0.191 e. The van der Waals surface area contributed by atoms with Crippen LogP contribution in [0, 0.1) is 0 Å². The Labute approximate surface area is 174 Å². The zero-order valence-electron chi connectivity index (χ0n) is 14.2. The first-order chi connectivity index (χ1) is 11.1. The molecule has 2 heterocycles. The molecular formula is C16H25IN4S3. The zero-order valence-corrected chi connectivity index (χ0v) is 19.0. The first kappa shape index (κ1) is 21.7. The number of nitrogens with one attached hydrogen (secondary N) is 2. The molecule has 0 atom stereocenters. The minimum Gasteiger partial charge on any atom is -0.356 e. The van der Waals surface area contributed by atoms with Crippen molar-refractivity contribution in [1.29, 1.82) is 0 Å². The van der Waals surface area contributed by atoms with Crippen molar-refractivity contribution in [3.63, 3.8) is 0 Å². The fourth-order valence-corrected chi connectivity index (χ4v) is 4.50. The summed E-state index contributed by atoms with van der Waals surface area (Å²) in [5, 5.41) is 11.0. The molecule has 0 radical (unpaired) electrons. The van der Waals surface area contributed by atoms with E-state index in [0.29, 0.717) is 0 Å². The Morgan fingerprint density at radius 1 is 1.29 bits per heavy atom. The number of hydrogen-bond acceptors (Lipinski definition) is 5. The van der Waals surface area contributed by atoms with Gasteiger partial charge in [0.2, 0.25) is 0 Å². The van der Waals surface area contributed by atoms with Crippen LogP contribution in [0.2, 0.25) is 0 Å². The minimum atomic E-state index is 0. The highest BCUT2D eigenvalue weighted by Crippen LogP contribution is 2.26. The summed E-state index contributed by atoms with van der Waals surface area (Å²) in [6, 6.07) is 4.30. The SMILES string of the molecule is CN=C(NCCCSc1nccs1)NCC(C)(C)c1cccs1.I. The normalized spacial score (nSPS) is 11.9. The molecule has 4 nitrogen and oxygen atoms in total. The highest BCUT2D eigenvalue weighted by Gasteiger charge is 2.21. The van der Waals surface area contributed by atoms with Gasteiger partial charge in [-0.15, -0.1) is 46.7 Å². The van der Waals surface area contributed by atoms with E-state index in [9.17, 15) is 0 Å². The molecule has 0 saturated heterocycles. The highest BCUT2D eigenvalue weighted by molar-refractivity contribution is 14.0. The van der Waals surface area contributed by atoms with E-state index in [0.717, 1.165) is 35.6 Å². The largest absolute Gasteiger partial charge is 0.356 e. The average Bonchev–Trinajstić information content (AvgIpc) is 3.23. The van der Waals surface area contributed by atoms with Crippen molar-refractivity contribution in [2.24, 2.45) is 4.99 Å². The molecule has 2 aromatic heterocycles. The van der Waals surface area contributed by atoms with E-state index in [1.165, 1.54) is 4.88 Å². The molecule has 0 fully saturated rings. The van der Waals surface area contributed by atoms with E-state index in [1.54, 1.807) is 22.7 Å². The lowest BCUT2D eigenvalue weighted by molar-refractivity contribution is 0.518. The third-order valence-corrected chi connectivity index (χ3v) is 6.65. The molecule has 0 spiro atoms. The Morgan fingerprint density at radius 3 is 2.75 bits per heavy atom. The van der Waals surface area contributed by atoms with E-state index in [1.807, 2.05) is 30.4 Å². The summed E-state index contributed by atoms with van der Waals surface area (Å²) < 4.78 is 1.14. The van der Waals surface area contributed by atoms with E-state index in [-0.39, 0.29) is 29.4 Å². The van der Waals surface area contributed by atoms with Crippen LogP contribution < -0.4 is 10.6 Å². The van der Waals surface area contributed by atoms with Crippen molar-refractivity contribution in [1.82, 2.24) is 15.6 Å². The predicted octanol–water partition coefficient (Wildman–Crippen LogP) is 4.45. The third-order valence-electron chi connectivity index (χ3n) is 3.36. The van der Waals surface area contributed by atoms with Crippen LogP contribution in [0.5, 0.6) is 0 Å². The quantitative estimate of drug-likeness (QED) is 0.187. The number of thiazole rings is 1. The van der Waals surface area contributed by atoms with Crippen molar-refractivity contribution >= 4 is 64.4 Å². The number of guanidine groups is 1. The molecule has 0 amide bonds. The predicted molar refractivity (Wildman–Crippen MR) is 120 cm³/mol. The summed E-state index contributed by atoms with van der Waals surface area (Å²) >= 11 is 5.31. The number of hydrogen-bond donors (Lipinski definition) is 2. The van der Waals surface area contributed by atoms with Gasteiger partial charge in [0.05, 0.1) is 0 Å². The second kappa shape index (κ2) is 11.3. The van der Waals surface area contributed by atoms with Gasteiger partial charge in [-0.1, -0.05) is 31.7 Å². The maximum absolute atomic E-state index is 4.30. The molecule has 0 aliphatic carbocycles. The van der Waals surface area contributed by atoms with Gasteiger partial charge >= 0.3 is 0 Å². The maximum Gasteiger partial charge on any atom is 0.191 e. The molecule has 0 aliphatic heterocycles. The van der Waals surface area contributed by atoms with Crippen molar-refractivity contribution in [2.45, 2.75) is 30.0 Å². The summed E-state index contributed by atoms with van der Waals surface area (Å²) in [4.78, 5) is 9.96. The molecule has 0 unspecified atom stereocenters. The van der Waals surface area contributed by atoms with Gasteiger partial charge in [0, 0.05) is 47.8 Å². The van der Waals surface area contributed by atoms with Crippen LogP contribution in [-0.4, -0.2) is 36.8 Å². The highest BCUT2D eigenvalue weighted by atomic mass is 127. The van der Waals surface area contributed by atoms with E-state index in [4.69, 9.17) is 0 Å². The van der Waals surface area contributed by atoms with E-state index >= 15 is 0 Å². The lowest BCUT2D eigenvalue weighted by Gasteiger charge is -2.25. The van der Waals surface area contributed by atoms with Gasteiger partial charge < -0.3 is 10.6 Å². The monoisotopic (exact) mass is 496 g/mol. The van der Waals surface area contributed by atoms with Gasteiger partial charge in [-0.2, -0.15) is 0 Å². The number of thiophene rings is 1. The summed E-state index contributed by atoms with van der Waals surface area (Å²) in [5.41, 5.74) is 0.104. The topological polar surface area (TPSA) is 49.3 Å². The Hall–Kier alpha value is -0.320. The summed E-state index contributed by atoms with van der Waals surface area (Å²) in [6.07, 6.45) is 2.94. The second-order valence-electron chi connectivity index (χ2n) is 5.71. The van der Waals surface area contributed by atoms with E-state index < -0.39 is 0 Å². The van der Waals surface area contributed by atoms with Crippen molar-refractivity contribution < 1.29 is 0 Å².